The second kappa shape index (κ2) is 21.2. The van der Waals surface area contributed by atoms with E-state index in [0.29, 0.717) is 11.8 Å². The Balaban J connectivity index is 0.000000147. The second-order valence-electron chi connectivity index (χ2n) is 23.9. The number of aromatic nitrogens is 7. The fraction of sp³-hybridized carbons (Fsp3) is 0.125. The van der Waals surface area contributed by atoms with Crippen LogP contribution in [0.25, 0.3) is 138 Å². The van der Waals surface area contributed by atoms with E-state index in [2.05, 4.69) is 287 Å². The first-order valence-corrected chi connectivity index (χ1v) is 30.9. The third-order valence-corrected chi connectivity index (χ3v) is 18.5. The molecule has 0 aliphatic rings. The van der Waals surface area contributed by atoms with Gasteiger partial charge in [0.25, 0.3) is 0 Å². The summed E-state index contributed by atoms with van der Waals surface area (Å²) in [7, 11) is 0. The standard InChI is InChI=1S/C47H37N3.C33H28N4/c1-3-31(2)28-32-20-22-33(23-21-32)48-46-26-24-34(49-42-16-8-4-12-36(42)37-13-5-9-17-43(37)49)29-40(46)41-30-35(25-27-47(41)48)50-44-18-10-6-14-38(44)39-15-7-11-19-45(39)50;1-3-22(2)18-23-19-24(36-28-12-6-4-10-26(28)32-30(36)14-8-16-34-32)21-25(20-23)37-29-13-7-5-11-27(29)33-31(37)15-9-17-35-33/h4-27,29-31H,3,28H2,1-2H3;4-17,19-22H,3,18H2,1-2H3. The summed E-state index contributed by atoms with van der Waals surface area (Å²) in [4.78, 5) is 9.52. The average molecular weight is 1120 g/mol. The molecule has 7 nitrogen and oxygen atoms in total. The number of pyridine rings is 2. The van der Waals surface area contributed by atoms with Crippen LogP contribution in [0.5, 0.6) is 0 Å². The predicted molar refractivity (Wildman–Crippen MR) is 366 cm³/mol. The molecular formula is C80H65N7. The summed E-state index contributed by atoms with van der Waals surface area (Å²) in [6.07, 6.45) is 8.25. The molecule has 0 saturated carbocycles. The molecule has 420 valence electrons. The highest BCUT2D eigenvalue weighted by atomic mass is 15.0. The lowest BCUT2D eigenvalue weighted by Crippen LogP contribution is -2.04. The zero-order valence-electron chi connectivity index (χ0n) is 49.4. The highest BCUT2D eigenvalue weighted by Gasteiger charge is 2.21. The summed E-state index contributed by atoms with van der Waals surface area (Å²) in [5.41, 5.74) is 22.5. The van der Waals surface area contributed by atoms with E-state index in [9.17, 15) is 0 Å². The molecule has 0 bridgehead atoms. The van der Waals surface area contributed by atoms with Crippen LogP contribution < -0.4 is 0 Å². The van der Waals surface area contributed by atoms with Crippen molar-refractivity contribution in [3.05, 3.63) is 272 Å². The summed E-state index contributed by atoms with van der Waals surface area (Å²) in [6, 6.07) is 90.9. The van der Waals surface area contributed by atoms with Gasteiger partial charge in [0.05, 0.1) is 66.2 Å². The normalized spacial score (nSPS) is 12.7. The Morgan fingerprint density at radius 2 is 0.575 bits per heavy atom. The first-order valence-electron chi connectivity index (χ1n) is 30.9. The van der Waals surface area contributed by atoms with Crippen LogP contribution in [-0.2, 0) is 12.8 Å². The van der Waals surface area contributed by atoms with E-state index in [-0.39, 0.29) is 0 Å². The molecule has 87 heavy (non-hydrogen) atoms. The minimum absolute atomic E-state index is 0.600. The molecule has 17 aromatic rings. The Hall–Kier alpha value is -10.5. The molecule has 0 aliphatic heterocycles. The van der Waals surface area contributed by atoms with Crippen molar-refractivity contribution in [1.82, 2.24) is 32.8 Å². The topological polar surface area (TPSA) is 50.4 Å². The average Bonchev–Trinajstić information content (AvgIpc) is 1.82. The van der Waals surface area contributed by atoms with Crippen LogP contribution in [0.4, 0.5) is 0 Å². The third-order valence-electron chi connectivity index (χ3n) is 18.5. The quantitative estimate of drug-likeness (QED) is 0.130. The summed E-state index contributed by atoms with van der Waals surface area (Å²) in [5, 5.41) is 9.93. The van der Waals surface area contributed by atoms with Gasteiger partial charge in [-0.05, 0) is 163 Å². The molecule has 2 atom stereocenters. The van der Waals surface area contributed by atoms with Gasteiger partial charge in [-0.15, -0.1) is 0 Å². The molecule has 0 radical (unpaired) electrons. The predicted octanol–water partition coefficient (Wildman–Crippen LogP) is 20.8. The number of rotatable bonds is 11. The lowest BCUT2D eigenvalue weighted by molar-refractivity contribution is 0.560. The van der Waals surface area contributed by atoms with Crippen molar-refractivity contribution in [2.45, 2.75) is 53.4 Å². The van der Waals surface area contributed by atoms with Crippen molar-refractivity contribution in [3.8, 4) is 28.4 Å². The van der Waals surface area contributed by atoms with E-state index >= 15 is 0 Å². The van der Waals surface area contributed by atoms with E-state index in [0.717, 1.165) is 52.7 Å². The van der Waals surface area contributed by atoms with E-state index in [4.69, 9.17) is 9.97 Å². The van der Waals surface area contributed by atoms with E-state index in [1.165, 1.54) is 122 Å². The minimum atomic E-state index is 0.600. The number of nitrogens with zero attached hydrogens (tertiary/aromatic N) is 7. The van der Waals surface area contributed by atoms with Crippen LogP contribution in [0.2, 0.25) is 0 Å². The van der Waals surface area contributed by atoms with Crippen molar-refractivity contribution >= 4 is 109 Å². The maximum atomic E-state index is 4.76. The molecule has 0 aliphatic carbocycles. The van der Waals surface area contributed by atoms with Gasteiger partial charge in [-0.1, -0.05) is 162 Å². The molecule has 17 rings (SSSR count). The lowest BCUT2D eigenvalue weighted by atomic mass is 9.98. The Morgan fingerprint density at radius 3 is 0.977 bits per heavy atom. The molecule has 10 aromatic carbocycles. The van der Waals surface area contributed by atoms with Crippen LogP contribution in [0, 0.1) is 11.8 Å². The molecule has 7 heteroatoms. The first kappa shape index (κ1) is 52.1. The minimum Gasteiger partial charge on any atom is -0.309 e. The number of hydrogen-bond acceptors (Lipinski definition) is 2. The number of benzene rings is 10. The summed E-state index contributed by atoms with van der Waals surface area (Å²) >= 11 is 0. The van der Waals surface area contributed by atoms with Crippen molar-refractivity contribution in [2.75, 3.05) is 0 Å². The Morgan fingerprint density at radius 1 is 0.264 bits per heavy atom. The van der Waals surface area contributed by atoms with E-state index in [1.807, 2.05) is 24.5 Å². The van der Waals surface area contributed by atoms with Gasteiger partial charge in [0.15, 0.2) is 0 Å². The van der Waals surface area contributed by atoms with Gasteiger partial charge in [-0.3, -0.25) is 9.97 Å². The maximum absolute atomic E-state index is 4.76. The molecule has 2 unspecified atom stereocenters. The van der Waals surface area contributed by atoms with Crippen molar-refractivity contribution in [1.29, 1.82) is 0 Å². The van der Waals surface area contributed by atoms with Crippen LogP contribution in [0.1, 0.15) is 51.7 Å². The zero-order chi connectivity index (χ0) is 58.3. The lowest BCUT2D eigenvalue weighted by Gasteiger charge is -2.17. The van der Waals surface area contributed by atoms with Crippen LogP contribution in [-0.4, -0.2) is 32.8 Å². The Bertz CT molecular complexity index is 4970. The zero-order valence-corrected chi connectivity index (χ0v) is 49.4. The maximum Gasteiger partial charge on any atom is 0.0963 e. The Kier molecular flexibility index (Phi) is 12.7. The highest BCUT2D eigenvalue weighted by molar-refractivity contribution is 6.14. The largest absolute Gasteiger partial charge is 0.309 e. The van der Waals surface area contributed by atoms with Crippen LogP contribution >= 0.6 is 0 Å². The van der Waals surface area contributed by atoms with Crippen molar-refractivity contribution in [3.63, 3.8) is 0 Å². The van der Waals surface area contributed by atoms with Crippen LogP contribution in [0.15, 0.2) is 261 Å². The van der Waals surface area contributed by atoms with E-state index in [1.54, 1.807) is 0 Å². The third kappa shape index (κ3) is 8.62. The van der Waals surface area contributed by atoms with Crippen LogP contribution in [0.3, 0.4) is 0 Å². The summed E-state index contributed by atoms with van der Waals surface area (Å²) in [5.74, 6) is 1.27. The van der Waals surface area contributed by atoms with Gasteiger partial charge in [0.2, 0.25) is 0 Å². The van der Waals surface area contributed by atoms with E-state index < -0.39 is 0 Å². The molecule has 0 fully saturated rings. The number of para-hydroxylation sites is 6. The van der Waals surface area contributed by atoms with Gasteiger partial charge >= 0.3 is 0 Å². The van der Waals surface area contributed by atoms with Gasteiger partial charge < -0.3 is 22.8 Å². The molecule has 0 saturated heterocycles. The highest BCUT2D eigenvalue weighted by Crippen LogP contribution is 2.41. The molecule has 0 N–H and O–H groups in total. The Labute approximate surface area is 505 Å². The van der Waals surface area contributed by atoms with Gasteiger partial charge in [0, 0.05) is 83.9 Å². The fourth-order valence-corrected chi connectivity index (χ4v) is 14.0. The van der Waals surface area contributed by atoms with Crippen molar-refractivity contribution < 1.29 is 0 Å². The molecule has 0 spiro atoms. The second-order valence-corrected chi connectivity index (χ2v) is 23.9. The SMILES string of the molecule is CCC(C)Cc1cc(-n2c3ccccc3c3ncccc32)cc(-n2c3ccccc3c3ncccc32)c1.CCC(C)Cc1ccc(-n2c3ccc(-n4c5ccccc5c5ccccc54)cc3c3cc(-n4c5ccccc5c5ccccc54)ccc32)cc1. The molecular weight excluding hydrogens is 1060 g/mol. The summed E-state index contributed by atoms with van der Waals surface area (Å²) in [6.45, 7) is 9.22. The molecule has 7 aromatic heterocycles. The van der Waals surface area contributed by atoms with Gasteiger partial charge in [-0.25, -0.2) is 0 Å². The van der Waals surface area contributed by atoms with Gasteiger partial charge in [-0.2, -0.15) is 0 Å². The fourth-order valence-electron chi connectivity index (χ4n) is 14.0. The van der Waals surface area contributed by atoms with Crippen molar-refractivity contribution in [2.24, 2.45) is 11.8 Å². The molecule has 0 amide bonds. The smallest absolute Gasteiger partial charge is 0.0963 e. The summed E-state index contributed by atoms with van der Waals surface area (Å²) < 4.78 is 12.0. The van der Waals surface area contributed by atoms with Gasteiger partial charge in [0.1, 0.15) is 0 Å². The number of fused-ring (bicyclic) bond motifs is 15. The monoisotopic (exact) mass is 1120 g/mol. The first-order chi connectivity index (χ1) is 42.9. The molecule has 7 heterocycles. The number of hydrogen-bond donors (Lipinski definition) is 0.